The van der Waals surface area contributed by atoms with Gasteiger partial charge in [-0.2, -0.15) is 0 Å². The summed E-state index contributed by atoms with van der Waals surface area (Å²) in [5, 5.41) is 14.9. The van der Waals surface area contributed by atoms with E-state index in [9.17, 15) is 9.59 Å². The molecule has 0 saturated heterocycles. The summed E-state index contributed by atoms with van der Waals surface area (Å²) in [6, 6.07) is 1.53. The molecule has 7 heteroatoms. The Labute approximate surface area is 102 Å². The SMILES string of the molecule is Cc1cc(NC(=O)c2oncc2C)c(C(=O)O)[nH]1. The highest BCUT2D eigenvalue weighted by atomic mass is 16.5. The zero-order chi connectivity index (χ0) is 13.3. The molecule has 0 aliphatic rings. The molecule has 1 amide bonds. The molecule has 0 bridgehead atoms. The summed E-state index contributed by atoms with van der Waals surface area (Å²) in [5.41, 5.74) is 1.34. The number of hydrogen-bond donors (Lipinski definition) is 3. The highest BCUT2D eigenvalue weighted by Gasteiger charge is 2.19. The molecule has 0 spiro atoms. The first kappa shape index (κ1) is 11.9. The highest BCUT2D eigenvalue weighted by molar-refractivity contribution is 6.06. The zero-order valence-electron chi connectivity index (χ0n) is 9.77. The van der Waals surface area contributed by atoms with Crippen molar-refractivity contribution in [2.75, 3.05) is 5.32 Å². The summed E-state index contributed by atoms with van der Waals surface area (Å²) in [4.78, 5) is 25.4. The number of carbonyl (C=O) groups excluding carboxylic acids is 1. The lowest BCUT2D eigenvalue weighted by atomic mass is 10.2. The highest BCUT2D eigenvalue weighted by Crippen LogP contribution is 2.18. The second-order valence-electron chi connectivity index (χ2n) is 3.84. The predicted octanol–water partition coefficient (Wildman–Crippen LogP) is 1.57. The van der Waals surface area contributed by atoms with Gasteiger partial charge in [-0.3, -0.25) is 4.79 Å². The van der Waals surface area contributed by atoms with Gasteiger partial charge < -0.3 is 19.9 Å². The van der Waals surface area contributed by atoms with Gasteiger partial charge in [0, 0.05) is 11.3 Å². The number of nitrogens with zero attached hydrogens (tertiary/aromatic N) is 1. The van der Waals surface area contributed by atoms with Crippen LogP contribution >= 0.6 is 0 Å². The average molecular weight is 249 g/mol. The number of nitrogens with one attached hydrogen (secondary N) is 2. The number of carboxylic acid groups (broad SMARTS) is 1. The molecule has 94 valence electrons. The van der Waals surface area contributed by atoms with Crippen LogP contribution in [-0.2, 0) is 0 Å². The molecule has 2 aromatic heterocycles. The molecule has 0 fully saturated rings. The molecule has 2 aromatic rings. The molecular formula is C11H11N3O4. The van der Waals surface area contributed by atoms with Gasteiger partial charge in [0.25, 0.3) is 5.91 Å². The van der Waals surface area contributed by atoms with Crippen LogP contribution in [0.1, 0.15) is 32.3 Å². The van der Waals surface area contributed by atoms with E-state index >= 15 is 0 Å². The van der Waals surface area contributed by atoms with E-state index in [1.54, 1.807) is 13.8 Å². The van der Waals surface area contributed by atoms with Crippen molar-refractivity contribution in [3.05, 3.63) is 35.0 Å². The van der Waals surface area contributed by atoms with Crippen molar-refractivity contribution in [2.45, 2.75) is 13.8 Å². The number of carbonyl (C=O) groups is 2. The third-order valence-corrected chi connectivity index (χ3v) is 2.37. The van der Waals surface area contributed by atoms with E-state index in [0.717, 1.165) is 0 Å². The summed E-state index contributed by atoms with van der Waals surface area (Å²) in [7, 11) is 0. The Bertz CT molecular complexity index is 612. The predicted molar refractivity (Wildman–Crippen MR) is 61.7 cm³/mol. The molecule has 0 atom stereocenters. The van der Waals surface area contributed by atoms with Crippen molar-refractivity contribution in [3.8, 4) is 0 Å². The van der Waals surface area contributed by atoms with Gasteiger partial charge in [-0.25, -0.2) is 4.79 Å². The summed E-state index contributed by atoms with van der Waals surface area (Å²) >= 11 is 0. The van der Waals surface area contributed by atoms with E-state index in [0.29, 0.717) is 11.3 Å². The van der Waals surface area contributed by atoms with Gasteiger partial charge in [0.05, 0.1) is 11.9 Å². The third-order valence-electron chi connectivity index (χ3n) is 2.37. The van der Waals surface area contributed by atoms with Crippen molar-refractivity contribution in [1.29, 1.82) is 0 Å². The molecule has 0 aliphatic carbocycles. The molecule has 3 N–H and O–H groups in total. The Balaban J connectivity index is 2.27. The summed E-state index contributed by atoms with van der Waals surface area (Å²) in [5.74, 6) is -1.62. The van der Waals surface area contributed by atoms with Gasteiger partial charge >= 0.3 is 5.97 Å². The minimum absolute atomic E-state index is 0.0604. The van der Waals surface area contributed by atoms with Gasteiger partial charge in [-0.15, -0.1) is 0 Å². The van der Waals surface area contributed by atoms with Crippen molar-refractivity contribution in [2.24, 2.45) is 0 Å². The van der Waals surface area contributed by atoms with E-state index in [-0.39, 0.29) is 17.1 Å². The number of aryl methyl sites for hydroxylation is 2. The first-order valence-electron chi connectivity index (χ1n) is 5.14. The number of carboxylic acids is 1. The van der Waals surface area contributed by atoms with Crippen LogP contribution in [0.3, 0.4) is 0 Å². The Morgan fingerprint density at radius 3 is 2.72 bits per heavy atom. The molecule has 0 aliphatic heterocycles. The number of amides is 1. The molecule has 2 heterocycles. The van der Waals surface area contributed by atoms with Crippen LogP contribution in [0.4, 0.5) is 5.69 Å². The van der Waals surface area contributed by atoms with Crippen molar-refractivity contribution < 1.29 is 19.2 Å². The number of aromatic carboxylic acids is 1. The number of hydrogen-bond acceptors (Lipinski definition) is 4. The first-order valence-corrected chi connectivity index (χ1v) is 5.14. The van der Waals surface area contributed by atoms with Crippen LogP contribution < -0.4 is 5.32 Å². The smallest absolute Gasteiger partial charge is 0.354 e. The topological polar surface area (TPSA) is 108 Å². The number of H-pyrrole nitrogens is 1. The largest absolute Gasteiger partial charge is 0.477 e. The van der Waals surface area contributed by atoms with Crippen LogP contribution in [0.15, 0.2) is 16.8 Å². The Hall–Kier alpha value is -2.57. The molecule has 0 unspecified atom stereocenters. The standard InChI is InChI=1S/C11H11N3O4/c1-5-4-12-18-9(5)10(15)14-7-3-6(2)13-8(7)11(16)17/h3-4,13H,1-2H3,(H,14,15)(H,16,17). The number of aromatic amines is 1. The van der Waals surface area contributed by atoms with E-state index < -0.39 is 11.9 Å². The van der Waals surface area contributed by atoms with Gasteiger partial charge in [0.1, 0.15) is 5.69 Å². The lowest BCUT2D eigenvalue weighted by Gasteiger charge is -2.01. The van der Waals surface area contributed by atoms with Gasteiger partial charge in [-0.1, -0.05) is 5.16 Å². The van der Waals surface area contributed by atoms with E-state index in [4.69, 9.17) is 9.63 Å². The van der Waals surface area contributed by atoms with Gasteiger partial charge in [0.2, 0.25) is 5.76 Å². The molecular weight excluding hydrogens is 238 g/mol. The van der Waals surface area contributed by atoms with E-state index in [2.05, 4.69) is 15.5 Å². The normalized spacial score (nSPS) is 10.3. The van der Waals surface area contributed by atoms with Crippen LogP contribution in [-0.4, -0.2) is 27.1 Å². The van der Waals surface area contributed by atoms with Gasteiger partial charge in [-0.05, 0) is 19.9 Å². The monoisotopic (exact) mass is 249 g/mol. The zero-order valence-corrected chi connectivity index (χ0v) is 9.77. The molecule has 0 saturated carbocycles. The summed E-state index contributed by atoms with van der Waals surface area (Å²) < 4.78 is 4.79. The van der Waals surface area contributed by atoms with E-state index in [1.165, 1.54) is 12.3 Å². The van der Waals surface area contributed by atoms with Crippen LogP contribution in [0, 0.1) is 13.8 Å². The second-order valence-corrected chi connectivity index (χ2v) is 3.84. The lowest BCUT2D eigenvalue weighted by molar-refractivity contribution is 0.0692. The van der Waals surface area contributed by atoms with Crippen molar-refractivity contribution in [1.82, 2.24) is 10.1 Å². The number of aromatic nitrogens is 2. The fraction of sp³-hybridized carbons (Fsp3) is 0.182. The van der Waals surface area contributed by atoms with Crippen LogP contribution in [0.5, 0.6) is 0 Å². The Morgan fingerprint density at radius 2 is 2.17 bits per heavy atom. The minimum atomic E-state index is -1.15. The molecule has 2 rings (SSSR count). The maximum Gasteiger partial charge on any atom is 0.354 e. The van der Waals surface area contributed by atoms with E-state index in [1.807, 2.05) is 0 Å². The number of anilines is 1. The Morgan fingerprint density at radius 1 is 1.44 bits per heavy atom. The maximum absolute atomic E-state index is 11.8. The van der Waals surface area contributed by atoms with Crippen LogP contribution in [0.25, 0.3) is 0 Å². The summed E-state index contributed by atoms with van der Waals surface area (Å²) in [6.07, 6.45) is 1.41. The third kappa shape index (κ3) is 2.10. The van der Waals surface area contributed by atoms with Gasteiger partial charge in [0.15, 0.2) is 0 Å². The fourth-order valence-corrected chi connectivity index (χ4v) is 1.54. The quantitative estimate of drug-likeness (QED) is 0.765. The first-order chi connectivity index (χ1) is 8.49. The summed E-state index contributed by atoms with van der Waals surface area (Å²) in [6.45, 7) is 3.37. The minimum Gasteiger partial charge on any atom is -0.477 e. The van der Waals surface area contributed by atoms with Crippen LogP contribution in [0.2, 0.25) is 0 Å². The molecule has 0 aromatic carbocycles. The fourth-order valence-electron chi connectivity index (χ4n) is 1.54. The molecule has 7 nitrogen and oxygen atoms in total. The average Bonchev–Trinajstić information content (AvgIpc) is 2.84. The molecule has 0 radical (unpaired) electrons. The number of rotatable bonds is 3. The molecule has 18 heavy (non-hydrogen) atoms. The second kappa shape index (κ2) is 4.36. The van der Waals surface area contributed by atoms with Crippen molar-refractivity contribution in [3.63, 3.8) is 0 Å². The lowest BCUT2D eigenvalue weighted by Crippen LogP contribution is -2.14. The van der Waals surface area contributed by atoms with Crippen molar-refractivity contribution >= 4 is 17.6 Å². The Kier molecular flexibility index (Phi) is 2.88. The maximum atomic E-state index is 11.8.